The zero-order valence-electron chi connectivity index (χ0n) is 12.4. The monoisotopic (exact) mass is 310 g/mol. The maximum atomic E-state index is 5.86. The highest BCUT2D eigenvalue weighted by atomic mass is 35.5. The first-order valence-electron chi connectivity index (χ1n) is 6.59. The molecule has 0 atom stereocenters. The van der Waals surface area contributed by atoms with Crippen LogP contribution in [0.4, 0.5) is 0 Å². The Kier molecular flexibility index (Phi) is 5.33. The second-order valence-electron chi connectivity index (χ2n) is 4.58. The Balaban J connectivity index is 2.10. The Labute approximate surface area is 129 Å². The van der Waals surface area contributed by atoms with E-state index < -0.39 is 0 Å². The SMILES string of the molecule is COc1cc(CCl)cc(OC)c1OCCc1cnn(C)c1. The number of hydrogen-bond acceptors (Lipinski definition) is 4. The maximum absolute atomic E-state index is 5.86. The van der Waals surface area contributed by atoms with Crippen molar-refractivity contribution in [1.82, 2.24) is 9.78 Å². The summed E-state index contributed by atoms with van der Waals surface area (Å²) < 4.78 is 18.3. The summed E-state index contributed by atoms with van der Waals surface area (Å²) >= 11 is 5.86. The summed E-state index contributed by atoms with van der Waals surface area (Å²) in [5.41, 5.74) is 2.04. The molecule has 2 aromatic rings. The topological polar surface area (TPSA) is 45.5 Å². The third-order valence-corrected chi connectivity index (χ3v) is 3.38. The summed E-state index contributed by atoms with van der Waals surface area (Å²) in [6, 6.07) is 3.71. The lowest BCUT2D eigenvalue weighted by Crippen LogP contribution is -2.04. The number of ether oxygens (including phenoxy) is 3. The van der Waals surface area contributed by atoms with E-state index in [9.17, 15) is 0 Å². The van der Waals surface area contributed by atoms with Crippen molar-refractivity contribution in [2.24, 2.45) is 7.05 Å². The Morgan fingerprint density at radius 2 is 1.81 bits per heavy atom. The Morgan fingerprint density at radius 1 is 1.14 bits per heavy atom. The van der Waals surface area contributed by atoms with Crippen LogP contribution < -0.4 is 14.2 Å². The predicted molar refractivity (Wildman–Crippen MR) is 81.5 cm³/mol. The van der Waals surface area contributed by atoms with Crippen molar-refractivity contribution in [1.29, 1.82) is 0 Å². The molecular weight excluding hydrogens is 292 g/mol. The largest absolute Gasteiger partial charge is 0.493 e. The van der Waals surface area contributed by atoms with E-state index >= 15 is 0 Å². The van der Waals surface area contributed by atoms with Gasteiger partial charge in [0.1, 0.15) is 0 Å². The number of halogens is 1. The molecule has 0 radical (unpaired) electrons. The molecule has 0 aliphatic carbocycles. The number of rotatable bonds is 7. The van der Waals surface area contributed by atoms with Crippen molar-refractivity contribution < 1.29 is 14.2 Å². The molecule has 0 unspecified atom stereocenters. The molecule has 114 valence electrons. The average molecular weight is 311 g/mol. The summed E-state index contributed by atoms with van der Waals surface area (Å²) in [6.07, 6.45) is 4.56. The molecule has 0 spiro atoms. The Hall–Kier alpha value is -1.88. The lowest BCUT2D eigenvalue weighted by Gasteiger charge is -2.15. The summed E-state index contributed by atoms with van der Waals surface area (Å²) in [6.45, 7) is 0.513. The third kappa shape index (κ3) is 3.82. The number of aromatic nitrogens is 2. The predicted octanol–water partition coefficient (Wildman–Crippen LogP) is 2.80. The molecule has 0 aliphatic heterocycles. The second-order valence-corrected chi connectivity index (χ2v) is 4.85. The third-order valence-electron chi connectivity index (χ3n) is 3.07. The first-order chi connectivity index (χ1) is 10.2. The molecule has 0 bridgehead atoms. The standard InChI is InChI=1S/C15H19ClN2O3/c1-18-10-11(9-17-18)4-5-21-15-13(19-2)6-12(8-16)7-14(15)20-3/h6-7,9-10H,4-5,8H2,1-3H3. The molecule has 0 fully saturated rings. The van der Waals surface area contributed by atoms with E-state index in [2.05, 4.69) is 5.10 Å². The maximum Gasteiger partial charge on any atom is 0.203 e. The lowest BCUT2D eigenvalue weighted by atomic mass is 10.2. The minimum Gasteiger partial charge on any atom is -0.493 e. The molecule has 0 saturated heterocycles. The van der Waals surface area contributed by atoms with Crippen molar-refractivity contribution >= 4 is 11.6 Å². The summed E-state index contributed by atoms with van der Waals surface area (Å²) in [4.78, 5) is 0. The van der Waals surface area contributed by atoms with Crippen LogP contribution in [-0.2, 0) is 19.3 Å². The van der Waals surface area contributed by atoms with Gasteiger partial charge in [0.15, 0.2) is 11.5 Å². The van der Waals surface area contributed by atoms with Gasteiger partial charge in [0.05, 0.1) is 27.0 Å². The molecule has 0 amide bonds. The van der Waals surface area contributed by atoms with Crippen LogP contribution >= 0.6 is 11.6 Å². The quantitative estimate of drug-likeness (QED) is 0.738. The minimum atomic E-state index is 0.392. The highest BCUT2D eigenvalue weighted by molar-refractivity contribution is 6.17. The fraction of sp³-hybridized carbons (Fsp3) is 0.400. The van der Waals surface area contributed by atoms with E-state index in [0.29, 0.717) is 29.7 Å². The van der Waals surface area contributed by atoms with Gasteiger partial charge in [0, 0.05) is 25.5 Å². The molecule has 0 N–H and O–H groups in total. The van der Waals surface area contributed by atoms with E-state index in [1.807, 2.05) is 31.6 Å². The lowest BCUT2D eigenvalue weighted by molar-refractivity contribution is 0.277. The highest BCUT2D eigenvalue weighted by Crippen LogP contribution is 2.39. The number of nitrogens with zero attached hydrogens (tertiary/aromatic N) is 2. The number of benzene rings is 1. The van der Waals surface area contributed by atoms with Gasteiger partial charge in [-0.2, -0.15) is 5.10 Å². The van der Waals surface area contributed by atoms with Gasteiger partial charge in [-0.15, -0.1) is 11.6 Å². The van der Waals surface area contributed by atoms with E-state index in [-0.39, 0.29) is 0 Å². The zero-order valence-corrected chi connectivity index (χ0v) is 13.2. The second kappa shape index (κ2) is 7.22. The normalized spacial score (nSPS) is 10.5. The summed E-state index contributed by atoms with van der Waals surface area (Å²) in [5, 5.41) is 4.13. The zero-order chi connectivity index (χ0) is 15.2. The molecule has 1 heterocycles. The molecule has 1 aromatic heterocycles. The van der Waals surface area contributed by atoms with Gasteiger partial charge in [-0.3, -0.25) is 4.68 Å². The number of hydrogen-bond donors (Lipinski definition) is 0. The van der Waals surface area contributed by atoms with E-state index in [0.717, 1.165) is 17.5 Å². The van der Waals surface area contributed by atoms with Gasteiger partial charge < -0.3 is 14.2 Å². The van der Waals surface area contributed by atoms with Crippen LogP contribution in [0.1, 0.15) is 11.1 Å². The van der Waals surface area contributed by atoms with Gasteiger partial charge in [0.25, 0.3) is 0 Å². The van der Waals surface area contributed by atoms with Crippen LogP contribution in [0.25, 0.3) is 0 Å². The molecule has 0 saturated carbocycles. The average Bonchev–Trinajstić information content (AvgIpc) is 2.92. The first-order valence-corrected chi connectivity index (χ1v) is 7.12. The van der Waals surface area contributed by atoms with Crippen molar-refractivity contribution in [2.45, 2.75) is 12.3 Å². The van der Waals surface area contributed by atoms with Gasteiger partial charge in [0.2, 0.25) is 5.75 Å². The van der Waals surface area contributed by atoms with Crippen molar-refractivity contribution in [3.8, 4) is 17.2 Å². The first kappa shape index (κ1) is 15.5. The van der Waals surface area contributed by atoms with Crippen LogP contribution in [0.5, 0.6) is 17.2 Å². The smallest absolute Gasteiger partial charge is 0.203 e. The minimum absolute atomic E-state index is 0.392. The van der Waals surface area contributed by atoms with E-state index in [1.54, 1.807) is 18.9 Å². The van der Waals surface area contributed by atoms with E-state index in [1.165, 1.54) is 0 Å². The molecular formula is C15H19ClN2O3. The van der Waals surface area contributed by atoms with Crippen LogP contribution in [0.15, 0.2) is 24.5 Å². The number of methoxy groups -OCH3 is 2. The molecule has 0 aliphatic rings. The van der Waals surface area contributed by atoms with Crippen LogP contribution in [-0.4, -0.2) is 30.6 Å². The number of alkyl halides is 1. The van der Waals surface area contributed by atoms with Gasteiger partial charge in [-0.05, 0) is 23.3 Å². The molecule has 5 nitrogen and oxygen atoms in total. The van der Waals surface area contributed by atoms with Gasteiger partial charge in [-0.25, -0.2) is 0 Å². The van der Waals surface area contributed by atoms with Gasteiger partial charge in [-0.1, -0.05) is 0 Å². The fourth-order valence-electron chi connectivity index (χ4n) is 2.03. The molecule has 1 aromatic carbocycles. The molecule has 21 heavy (non-hydrogen) atoms. The molecule has 6 heteroatoms. The van der Waals surface area contributed by atoms with E-state index in [4.69, 9.17) is 25.8 Å². The van der Waals surface area contributed by atoms with Crippen LogP contribution in [0, 0.1) is 0 Å². The summed E-state index contributed by atoms with van der Waals surface area (Å²) in [5.74, 6) is 2.23. The Bertz CT molecular complexity index is 573. The van der Waals surface area contributed by atoms with Crippen molar-refractivity contribution in [3.63, 3.8) is 0 Å². The van der Waals surface area contributed by atoms with Crippen molar-refractivity contribution in [2.75, 3.05) is 20.8 Å². The summed E-state index contributed by atoms with van der Waals surface area (Å²) in [7, 11) is 5.09. The highest BCUT2D eigenvalue weighted by Gasteiger charge is 2.14. The Morgan fingerprint density at radius 3 is 2.29 bits per heavy atom. The molecule has 2 rings (SSSR count). The van der Waals surface area contributed by atoms with Crippen LogP contribution in [0.3, 0.4) is 0 Å². The fourth-order valence-corrected chi connectivity index (χ4v) is 2.18. The number of aryl methyl sites for hydroxylation is 1. The van der Waals surface area contributed by atoms with Crippen LogP contribution in [0.2, 0.25) is 0 Å². The van der Waals surface area contributed by atoms with Gasteiger partial charge >= 0.3 is 0 Å². The van der Waals surface area contributed by atoms with Crippen molar-refractivity contribution in [3.05, 3.63) is 35.7 Å².